The maximum absolute atomic E-state index is 12.8. The molecule has 1 aromatic heterocycles. The van der Waals surface area contributed by atoms with Crippen LogP contribution in [-0.2, 0) is 17.9 Å². The van der Waals surface area contributed by atoms with Crippen LogP contribution in [0, 0.1) is 12.8 Å². The molecule has 0 atom stereocenters. The lowest BCUT2D eigenvalue weighted by Gasteiger charge is -2.44. The third-order valence-electron chi connectivity index (χ3n) is 5.95. The Kier molecular flexibility index (Phi) is 5.02. The van der Waals surface area contributed by atoms with Gasteiger partial charge in [-0.1, -0.05) is 30.3 Å². The number of aromatic nitrogens is 2. The van der Waals surface area contributed by atoms with Gasteiger partial charge in [-0.25, -0.2) is 4.98 Å². The Morgan fingerprint density at radius 1 is 1.22 bits per heavy atom. The summed E-state index contributed by atoms with van der Waals surface area (Å²) in [5, 5.41) is 10.9. The summed E-state index contributed by atoms with van der Waals surface area (Å²) in [6.45, 7) is 6.35. The van der Waals surface area contributed by atoms with Crippen molar-refractivity contribution in [1.29, 1.82) is 0 Å². The quantitative estimate of drug-likeness (QED) is 0.872. The zero-order chi connectivity index (χ0) is 18.9. The minimum Gasteiger partial charge on any atom is -0.388 e. The lowest BCUT2D eigenvalue weighted by atomic mass is 9.89. The van der Waals surface area contributed by atoms with E-state index in [2.05, 4.69) is 34.1 Å². The van der Waals surface area contributed by atoms with Crippen LogP contribution in [0.1, 0.15) is 24.2 Å². The van der Waals surface area contributed by atoms with E-state index in [0.29, 0.717) is 32.5 Å². The van der Waals surface area contributed by atoms with Gasteiger partial charge in [-0.2, -0.15) is 0 Å². The largest absolute Gasteiger partial charge is 0.388 e. The number of carbonyl (C=O) groups is 1. The van der Waals surface area contributed by atoms with Crippen molar-refractivity contribution in [1.82, 2.24) is 19.4 Å². The van der Waals surface area contributed by atoms with E-state index >= 15 is 0 Å². The second-order valence-electron chi connectivity index (χ2n) is 8.03. The molecule has 0 bridgehead atoms. The third-order valence-corrected chi connectivity index (χ3v) is 5.95. The molecule has 3 heterocycles. The van der Waals surface area contributed by atoms with E-state index in [0.717, 1.165) is 25.5 Å². The van der Waals surface area contributed by atoms with Crippen LogP contribution in [0.25, 0.3) is 0 Å². The topological polar surface area (TPSA) is 61.6 Å². The minimum atomic E-state index is -0.749. The summed E-state index contributed by atoms with van der Waals surface area (Å²) in [5.74, 6) is 1.27. The lowest BCUT2D eigenvalue weighted by Crippen LogP contribution is -2.57. The molecule has 4 rings (SSSR count). The molecule has 1 N–H and O–H groups in total. The molecule has 0 radical (unpaired) electrons. The first-order valence-corrected chi connectivity index (χ1v) is 9.78. The Balaban J connectivity index is 1.24. The lowest BCUT2D eigenvalue weighted by molar-refractivity contribution is -0.146. The standard InChI is InChI=1S/C21H28N4O2/c1-17-22-9-12-25(17)16-21(27)7-10-24(11-8-21)20(26)19-14-23(15-19)13-18-5-3-2-4-6-18/h2-6,9,12,19,27H,7-8,10-11,13-16H2,1H3. The minimum absolute atomic E-state index is 0.107. The Labute approximate surface area is 160 Å². The molecule has 1 amide bonds. The highest BCUT2D eigenvalue weighted by atomic mass is 16.3. The SMILES string of the molecule is Cc1nccn1CC1(O)CCN(C(=O)C2CN(Cc3ccccc3)C2)CC1. The highest BCUT2D eigenvalue weighted by molar-refractivity contribution is 5.80. The maximum Gasteiger partial charge on any atom is 0.228 e. The first kappa shape index (κ1) is 18.2. The fraction of sp³-hybridized carbons (Fsp3) is 0.524. The second-order valence-corrected chi connectivity index (χ2v) is 8.03. The smallest absolute Gasteiger partial charge is 0.228 e. The van der Waals surface area contributed by atoms with Crippen LogP contribution in [0.5, 0.6) is 0 Å². The van der Waals surface area contributed by atoms with Crippen molar-refractivity contribution in [2.24, 2.45) is 5.92 Å². The Morgan fingerprint density at radius 2 is 1.93 bits per heavy atom. The molecule has 144 valence electrons. The molecular weight excluding hydrogens is 340 g/mol. The van der Waals surface area contributed by atoms with Crippen LogP contribution in [0.15, 0.2) is 42.7 Å². The van der Waals surface area contributed by atoms with Crippen molar-refractivity contribution in [2.45, 2.75) is 38.5 Å². The summed E-state index contributed by atoms with van der Waals surface area (Å²) in [5.41, 5.74) is 0.544. The number of piperidine rings is 1. The van der Waals surface area contributed by atoms with E-state index in [4.69, 9.17) is 0 Å². The molecule has 1 aromatic carbocycles. The van der Waals surface area contributed by atoms with Gasteiger partial charge in [0, 0.05) is 45.1 Å². The Hall–Kier alpha value is -2.18. The summed E-state index contributed by atoms with van der Waals surface area (Å²) in [4.78, 5) is 21.2. The van der Waals surface area contributed by atoms with Gasteiger partial charge in [0.15, 0.2) is 0 Å². The van der Waals surface area contributed by atoms with Gasteiger partial charge in [0.2, 0.25) is 5.91 Å². The molecule has 2 saturated heterocycles. The van der Waals surface area contributed by atoms with Gasteiger partial charge >= 0.3 is 0 Å². The van der Waals surface area contributed by atoms with E-state index < -0.39 is 5.60 Å². The van der Waals surface area contributed by atoms with Crippen molar-refractivity contribution in [2.75, 3.05) is 26.2 Å². The molecule has 2 aliphatic heterocycles. The molecule has 2 aliphatic rings. The number of aliphatic hydroxyl groups is 1. The third kappa shape index (κ3) is 4.06. The number of nitrogens with zero attached hydrogens (tertiary/aromatic N) is 4. The van der Waals surface area contributed by atoms with Gasteiger partial charge in [-0.3, -0.25) is 9.69 Å². The summed E-state index contributed by atoms with van der Waals surface area (Å²) >= 11 is 0. The van der Waals surface area contributed by atoms with Gasteiger partial charge in [-0.15, -0.1) is 0 Å². The fourth-order valence-corrected chi connectivity index (χ4v) is 4.14. The average molecular weight is 368 g/mol. The van der Waals surface area contributed by atoms with Crippen molar-refractivity contribution in [3.05, 3.63) is 54.1 Å². The van der Waals surface area contributed by atoms with Crippen molar-refractivity contribution in [3.8, 4) is 0 Å². The molecule has 0 spiro atoms. The van der Waals surface area contributed by atoms with Crippen molar-refractivity contribution >= 4 is 5.91 Å². The molecule has 6 heteroatoms. The number of likely N-dealkylation sites (tertiary alicyclic amines) is 2. The Morgan fingerprint density at radius 3 is 2.56 bits per heavy atom. The fourth-order valence-electron chi connectivity index (χ4n) is 4.14. The van der Waals surface area contributed by atoms with Crippen LogP contribution in [0.2, 0.25) is 0 Å². The highest BCUT2D eigenvalue weighted by Crippen LogP contribution is 2.27. The molecule has 2 aromatic rings. The van der Waals surface area contributed by atoms with E-state index in [1.54, 1.807) is 6.20 Å². The Bertz CT molecular complexity index is 774. The predicted molar refractivity (Wildman–Crippen MR) is 103 cm³/mol. The zero-order valence-corrected chi connectivity index (χ0v) is 15.9. The van der Waals surface area contributed by atoms with Crippen molar-refractivity contribution in [3.63, 3.8) is 0 Å². The van der Waals surface area contributed by atoms with Crippen LogP contribution in [0.4, 0.5) is 0 Å². The van der Waals surface area contributed by atoms with Crippen LogP contribution < -0.4 is 0 Å². The number of hydrogen-bond acceptors (Lipinski definition) is 4. The monoisotopic (exact) mass is 368 g/mol. The van der Waals surface area contributed by atoms with E-state index in [9.17, 15) is 9.90 Å². The molecule has 2 fully saturated rings. The molecular formula is C21H28N4O2. The number of carbonyl (C=O) groups excluding carboxylic acids is 1. The summed E-state index contributed by atoms with van der Waals surface area (Å²) in [7, 11) is 0. The highest BCUT2D eigenvalue weighted by Gasteiger charge is 2.39. The average Bonchev–Trinajstić information content (AvgIpc) is 3.03. The van der Waals surface area contributed by atoms with Crippen LogP contribution >= 0.6 is 0 Å². The van der Waals surface area contributed by atoms with Gasteiger partial charge in [0.1, 0.15) is 5.82 Å². The zero-order valence-electron chi connectivity index (χ0n) is 15.9. The number of aryl methyl sites for hydroxylation is 1. The number of amides is 1. The first-order chi connectivity index (χ1) is 13.0. The maximum atomic E-state index is 12.8. The van der Waals surface area contributed by atoms with E-state index in [1.807, 2.05) is 28.7 Å². The van der Waals surface area contributed by atoms with Gasteiger partial charge < -0.3 is 14.6 Å². The normalized spacial score (nSPS) is 20.4. The van der Waals surface area contributed by atoms with Crippen LogP contribution in [0.3, 0.4) is 0 Å². The number of imidazole rings is 1. The van der Waals surface area contributed by atoms with E-state index in [-0.39, 0.29) is 11.8 Å². The summed E-state index contributed by atoms with van der Waals surface area (Å²) < 4.78 is 1.99. The molecule has 0 saturated carbocycles. The molecule has 6 nitrogen and oxygen atoms in total. The molecule has 0 unspecified atom stereocenters. The van der Waals surface area contributed by atoms with Crippen molar-refractivity contribution < 1.29 is 9.90 Å². The first-order valence-electron chi connectivity index (χ1n) is 9.78. The molecule has 27 heavy (non-hydrogen) atoms. The number of benzene rings is 1. The number of rotatable bonds is 5. The summed E-state index contributed by atoms with van der Waals surface area (Å²) in [6.07, 6.45) is 4.91. The van der Waals surface area contributed by atoms with Gasteiger partial charge in [0.05, 0.1) is 18.1 Å². The summed E-state index contributed by atoms with van der Waals surface area (Å²) in [6, 6.07) is 10.4. The van der Waals surface area contributed by atoms with Gasteiger partial charge in [0.25, 0.3) is 0 Å². The van der Waals surface area contributed by atoms with Crippen LogP contribution in [-0.4, -0.2) is 62.1 Å². The van der Waals surface area contributed by atoms with E-state index in [1.165, 1.54) is 5.56 Å². The predicted octanol–water partition coefficient (Wildman–Crippen LogP) is 1.68. The number of hydrogen-bond donors (Lipinski definition) is 1. The molecule has 0 aliphatic carbocycles. The second kappa shape index (κ2) is 7.44. The van der Waals surface area contributed by atoms with Gasteiger partial charge in [-0.05, 0) is 25.3 Å².